The minimum absolute atomic E-state index is 0.0952. The first-order valence-corrected chi connectivity index (χ1v) is 3.72. The van der Waals surface area contributed by atoms with E-state index >= 15 is 0 Å². The van der Waals surface area contributed by atoms with Crippen molar-refractivity contribution in [3.05, 3.63) is 27.7 Å². The zero-order valence-electron chi connectivity index (χ0n) is 7.15. The maximum atomic E-state index is 10.5. The van der Waals surface area contributed by atoms with Crippen LogP contribution in [-0.2, 0) is 0 Å². The predicted octanol–water partition coefficient (Wildman–Crippen LogP) is 0.598. The first-order chi connectivity index (χ1) is 6.15. The summed E-state index contributed by atoms with van der Waals surface area (Å²) in [4.78, 5) is 16.4. The lowest BCUT2D eigenvalue weighted by molar-refractivity contribution is -0.389. The van der Waals surface area contributed by atoms with E-state index in [4.69, 9.17) is 5.73 Å². The molecule has 3 N–H and O–H groups in total. The Morgan fingerprint density at radius 1 is 1.77 bits per heavy atom. The number of nitrogens with two attached hydrogens (primary N) is 1. The van der Waals surface area contributed by atoms with E-state index in [0.29, 0.717) is 18.1 Å². The highest BCUT2D eigenvalue weighted by Crippen LogP contribution is 2.15. The first kappa shape index (κ1) is 9.40. The molecule has 1 rings (SSSR count). The smallest absolute Gasteiger partial charge is 0.348 e. The van der Waals surface area contributed by atoms with Crippen LogP contribution in [0.5, 0.6) is 0 Å². The van der Waals surface area contributed by atoms with Crippen molar-refractivity contribution in [1.29, 1.82) is 0 Å². The zero-order chi connectivity index (χ0) is 9.84. The Kier molecular flexibility index (Phi) is 2.76. The average Bonchev–Trinajstić information content (AvgIpc) is 2.43. The van der Waals surface area contributed by atoms with Crippen LogP contribution < -0.4 is 5.73 Å². The normalized spacial score (nSPS) is 10.9. The fourth-order valence-electron chi connectivity index (χ4n) is 0.932. The quantitative estimate of drug-likeness (QED) is 0.528. The van der Waals surface area contributed by atoms with Crippen LogP contribution in [0.4, 0.5) is 5.82 Å². The van der Waals surface area contributed by atoms with Gasteiger partial charge in [-0.3, -0.25) is 0 Å². The topological polar surface area (TPSA) is 97.8 Å². The number of nitrogens with one attached hydrogen (secondary N) is 1. The Balaban J connectivity index is 3.04. The second-order valence-electron chi connectivity index (χ2n) is 2.45. The van der Waals surface area contributed by atoms with Crippen molar-refractivity contribution in [2.75, 3.05) is 6.54 Å². The average molecular weight is 182 g/mol. The number of hydrogen-bond acceptors (Lipinski definition) is 4. The van der Waals surface area contributed by atoms with Crippen LogP contribution in [0.15, 0.2) is 6.08 Å². The summed E-state index contributed by atoms with van der Waals surface area (Å²) < 4.78 is 0. The first-order valence-electron chi connectivity index (χ1n) is 3.72. The van der Waals surface area contributed by atoms with Gasteiger partial charge in [0.1, 0.15) is 0 Å². The zero-order valence-corrected chi connectivity index (χ0v) is 7.15. The number of aryl methyl sites for hydroxylation is 1. The Hall–Kier alpha value is -1.69. The Morgan fingerprint density at radius 3 is 3.00 bits per heavy atom. The van der Waals surface area contributed by atoms with E-state index in [0.717, 1.165) is 0 Å². The number of H-pyrrole nitrogens is 1. The Morgan fingerprint density at radius 2 is 2.46 bits per heavy atom. The van der Waals surface area contributed by atoms with Crippen molar-refractivity contribution in [3.63, 3.8) is 0 Å². The third-order valence-electron chi connectivity index (χ3n) is 1.42. The van der Waals surface area contributed by atoms with Gasteiger partial charge in [-0.1, -0.05) is 6.08 Å². The van der Waals surface area contributed by atoms with E-state index in [1.165, 1.54) is 6.08 Å². The lowest BCUT2D eigenvalue weighted by Crippen LogP contribution is -1.93. The Bertz CT molecular complexity index is 342. The van der Waals surface area contributed by atoms with Crippen molar-refractivity contribution in [2.45, 2.75) is 6.92 Å². The second kappa shape index (κ2) is 3.81. The molecule has 6 nitrogen and oxygen atoms in total. The van der Waals surface area contributed by atoms with Crippen molar-refractivity contribution < 1.29 is 4.92 Å². The van der Waals surface area contributed by atoms with Gasteiger partial charge in [-0.15, -0.1) is 0 Å². The summed E-state index contributed by atoms with van der Waals surface area (Å²) in [7, 11) is 0. The summed E-state index contributed by atoms with van der Waals surface area (Å²) in [6.07, 6.45) is 3.14. The molecule has 0 saturated carbocycles. The molecule has 0 unspecified atom stereocenters. The van der Waals surface area contributed by atoms with Gasteiger partial charge >= 0.3 is 5.82 Å². The highest BCUT2D eigenvalue weighted by Gasteiger charge is 2.14. The van der Waals surface area contributed by atoms with Gasteiger partial charge in [0.05, 0.1) is 0 Å². The molecule has 0 saturated heterocycles. The summed E-state index contributed by atoms with van der Waals surface area (Å²) in [5, 5.41) is 10.5. The SMILES string of the molecule is Cc1nc(C=CCN)c([N+](=O)[O-])[nH]1. The molecular weight excluding hydrogens is 172 g/mol. The van der Waals surface area contributed by atoms with E-state index in [1.54, 1.807) is 13.0 Å². The molecule has 1 heterocycles. The molecule has 0 bridgehead atoms. The van der Waals surface area contributed by atoms with E-state index < -0.39 is 4.92 Å². The summed E-state index contributed by atoms with van der Waals surface area (Å²) >= 11 is 0. The van der Waals surface area contributed by atoms with Crippen LogP contribution >= 0.6 is 0 Å². The van der Waals surface area contributed by atoms with Gasteiger partial charge in [-0.05, 0) is 11.0 Å². The molecule has 0 amide bonds. The van der Waals surface area contributed by atoms with Gasteiger partial charge in [-0.2, -0.15) is 0 Å². The van der Waals surface area contributed by atoms with Crippen molar-refractivity contribution in [2.24, 2.45) is 5.73 Å². The molecule has 0 aromatic carbocycles. The molecule has 1 aromatic heterocycles. The molecule has 0 atom stereocenters. The molecule has 1 aromatic rings. The van der Waals surface area contributed by atoms with Crippen molar-refractivity contribution in [1.82, 2.24) is 9.97 Å². The van der Waals surface area contributed by atoms with E-state index in [-0.39, 0.29) is 5.82 Å². The molecule has 0 radical (unpaired) electrons. The minimum Gasteiger partial charge on any atom is -0.358 e. The maximum Gasteiger partial charge on any atom is 0.348 e. The lowest BCUT2D eigenvalue weighted by Gasteiger charge is -1.89. The van der Waals surface area contributed by atoms with Crippen LogP contribution in [0.2, 0.25) is 0 Å². The van der Waals surface area contributed by atoms with Crippen molar-refractivity contribution >= 4 is 11.9 Å². The molecule has 0 spiro atoms. The molecule has 70 valence electrons. The van der Waals surface area contributed by atoms with Gasteiger partial charge in [0.2, 0.25) is 0 Å². The van der Waals surface area contributed by atoms with Crippen LogP contribution in [-0.4, -0.2) is 21.4 Å². The second-order valence-corrected chi connectivity index (χ2v) is 2.45. The van der Waals surface area contributed by atoms with Gasteiger partial charge in [0.25, 0.3) is 0 Å². The maximum absolute atomic E-state index is 10.5. The molecule has 0 aliphatic heterocycles. The number of nitro groups is 1. The summed E-state index contributed by atoms with van der Waals surface area (Å²) in [6, 6.07) is 0. The number of aromatic amines is 1. The highest BCUT2D eigenvalue weighted by atomic mass is 16.6. The largest absolute Gasteiger partial charge is 0.358 e. The lowest BCUT2D eigenvalue weighted by atomic mass is 10.4. The molecule has 0 aliphatic carbocycles. The van der Waals surface area contributed by atoms with Gasteiger partial charge < -0.3 is 15.8 Å². The Labute approximate surface area is 74.6 Å². The summed E-state index contributed by atoms with van der Waals surface area (Å²) in [6.45, 7) is 2.00. The van der Waals surface area contributed by atoms with E-state index in [1.807, 2.05) is 0 Å². The van der Waals surface area contributed by atoms with E-state index in [9.17, 15) is 10.1 Å². The van der Waals surface area contributed by atoms with Crippen LogP contribution in [0.1, 0.15) is 11.5 Å². The summed E-state index contributed by atoms with van der Waals surface area (Å²) in [5.74, 6) is 0.422. The summed E-state index contributed by atoms with van der Waals surface area (Å²) in [5.41, 5.74) is 5.53. The molecule has 0 aliphatic rings. The van der Waals surface area contributed by atoms with E-state index in [2.05, 4.69) is 9.97 Å². The minimum atomic E-state index is -0.504. The van der Waals surface area contributed by atoms with Crippen LogP contribution in [0.25, 0.3) is 6.08 Å². The monoisotopic (exact) mass is 182 g/mol. The standard InChI is InChI=1S/C7H10N4O2/c1-5-9-6(3-2-4-8)7(10-5)11(12)13/h2-3H,4,8H2,1H3,(H,9,10). The third-order valence-corrected chi connectivity index (χ3v) is 1.42. The fourth-order valence-corrected chi connectivity index (χ4v) is 0.932. The number of imidazole rings is 1. The number of aromatic nitrogens is 2. The number of rotatable bonds is 3. The van der Waals surface area contributed by atoms with Crippen LogP contribution in [0, 0.1) is 17.0 Å². The molecule has 0 fully saturated rings. The predicted molar refractivity (Wildman–Crippen MR) is 48.1 cm³/mol. The fraction of sp³-hybridized carbons (Fsp3) is 0.286. The van der Waals surface area contributed by atoms with Gasteiger partial charge in [0, 0.05) is 13.5 Å². The van der Waals surface area contributed by atoms with Crippen molar-refractivity contribution in [3.8, 4) is 0 Å². The molecule has 6 heteroatoms. The molecule has 13 heavy (non-hydrogen) atoms. The number of nitrogens with zero attached hydrogens (tertiary/aromatic N) is 2. The van der Waals surface area contributed by atoms with Crippen LogP contribution in [0.3, 0.4) is 0 Å². The van der Waals surface area contributed by atoms with Gasteiger partial charge in [0.15, 0.2) is 11.5 Å². The molecular formula is C7H10N4O2. The third kappa shape index (κ3) is 2.12. The number of hydrogen-bond donors (Lipinski definition) is 2. The highest BCUT2D eigenvalue weighted by molar-refractivity contribution is 5.54. The van der Waals surface area contributed by atoms with Gasteiger partial charge in [-0.25, -0.2) is 9.97 Å².